The van der Waals surface area contributed by atoms with Crippen molar-refractivity contribution in [2.75, 3.05) is 0 Å². The summed E-state index contributed by atoms with van der Waals surface area (Å²) in [7, 11) is 0. The Hall–Kier alpha value is -1.57. The maximum absolute atomic E-state index is 9.99. The number of H-pyrrole nitrogens is 1. The Morgan fingerprint density at radius 2 is 2.42 bits per heavy atom. The summed E-state index contributed by atoms with van der Waals surface area (Å²) in [5.74, 6) is 0. The van der Waals surface area contributed by atoms with Gasteiger partial charge >= 0.3 is 0 Å². The topological polar surface area (TPSA) is 32.9 Å². The third-order valence-electron chi connectivity index (χ3n) is 1.44. The van der Waals surface area contributed by atoms with Gasteiger partial charge in [-0.2, -0.15) is 0 Å². The van der Waals surface area contributed by atoms with Gasteiger partial charge in [-0.05, 0) is 36.8 Å². The lowest BCUT2D eigenvalue weighted by molar-refractivity contribution is -0.104. The van der Waals surface area contributed by atoms with Crippen molar-refractivity contribution >= 4 is 12.4 Å². The van der Waals surface area contributed by atoms with Gasteiger partial charge in [0.25, 0.3) is 0 Å². The molecule has 0 fully saturated rings. The van der Waals surface area contributed by atoms with E-state index < -0.39 is 0 Å². The van der Waals surface area contributed by atoms with Crippen LogP contribution in [0.1, 0.15) is 12.6 Å². The monoisotopic (exact) mass is 161 g/mol. The summed E-state index contributed by atoms with van der Waals surface area (Å²) in [5, 5.41) is 0. The number of aldehydes is 1. The first kappa shape index (κ1) is 8.53. The fourth-order valence-electron chi connectivity index (χ4n) is 0.918. The van der Waals surface area contributed by atoms with Crippen LogP contribution in [0, 0.1) is 0 Å². The second-order valence-corrected chi connectivity index (χ2v) is 2.51. The Balaban J connectivity index is 2.69. The lowest BCUT2D eigenvalue weighted by Gasteiger charge is -1.88. The third-order valence-corrected chi connectivity index (χ3v) is 1.44. The van der Waals surface area contributed by atoms with Crippen molar-refractivity contribution in [1.29, 1.82) is 0 Å². The van der Waals surface area contributed by atoms with Crippen molar-refractivity contribution in [1.82, 2.24) is 4.98 Å². The molecule has 0 saturated carbocycles. The molecule has 0 atom stereocenters. The number of carbonyl (C=O) groups is 1. The second kappa shape index (κ2) is 4.34. The first-order chi connectivity index (χ1) is 5.83. The van der Waals surface area contributed by atoms with E-state index in [1.54, 1.807) is 6.08 Å². The fraction of sp³-hybridized carbons (Fsp3) is 0.100. The average molecular weight is 161 g/mol. The Morgan fingerprint density at radius 3 is 3.00 bits per heavy atom. The average Bonchev–Trinajstić information content (AvgIpc) is 2.53. The van der Waals surface area contributed by atoms with Crippen LogP contribution in [-0.4, -0.2) is 11.3 Å². The molecule has 1 rings (SSSR count). The predicted molar refractivity (Wildman–Crippen MR) is 49.6 cm³/mol. The SMILES string of the molecule is CC(/C=C\C=O)=C/c1ccc[nH]1. The van der Waals surface area contributed by atoms with Crippen molar-refractivity contribution in [3.8, 4) is 0 Å². The van der Waals surface area contributed by atoms with Gasteiger partial charge < -0.3 is 4.98 Å². The highest BCUT2D eigenvalue weighted by Crippen LogP contribution is 2.03. The van der Waals surface area contributed by atoms with Crippen molar-refractivity contribution < 1.29 is 4.79 Å². The molecule has 1 aromatic rings. The summed E-state index contributed by atoms with van der Waals surface area (Å²) in [6.45, 7) is 1.95. The Bertz CT molecular complexity index is 294. The number of rotatable bonds is 3. The highest BCUT2D eigenvalue weighted by atomic mass is 16.1. The van der Waals surface area contributed by atoms with Crippen LogP contribution < -0.4 is 0 Å². The molecule has 0 aliphatic carbocycles. The van der Waals surface area contributed by atoms with Crippen molar-refractivity contribution in [2.45, 2.75) is 6.92 Å². The second-order valence-electron chi connectivity index (χ2n) is 2.51. The molecule has 0 amide bonds. The van der Waals surface area contributed by atoms with E-state index in [-0.39, 0.29) is 0 Å². The van der Waals surface area contributed by atoms with E-state index >= 15 is 0 Å². The van der Waals surface area contributed by atoms with E-state index in [1.807, 2.05) is 31.3 Å². The zero-order valence-corrected chi connectivity index (χ0v) is 6.95. The highest BCUT2D eigenvalue weighted by molar-refractivity contribution is 5.67. The van der Waals surface area contributed by atoms with E-state index in [2.05, 4.69) is 4.98 Å². The lowest BCUT2D eigenvalue weighted by Crippen LogP contribution is -1.72. The predicted octanol–water partition coefficient (Wildman–Crippen LogP) is 2.17. The molecule has 2 heteroatoms. The molecule has 0 saturated heterocycles. The number of nitrogens with one attached hydrogen (secondary N) is 1. The van der Waals surface area contributed by atoms with Gasteiger partial charge in [-0.1, -0.05) is 6.08 Å². The zero-order chi connectivity index (χ0) is 8.81. The minimum Gasteiger partial charge on any atom is -0.362 e. The summed E-state index contributed by atoms with van der Waals surface area (Å²) in [4.78, 5) is 13.0. The number of allylic oxidation sites excluding steroid dienone is 3. The molecule has 62 valence electrons. The minimum absolute atomic E-state index is 0.770. The Kier molecular flexibility index (Phi) is 3.08. The fourth-order valence-corrected chi connectivity index (χ4v) is 0.918. The number of hydrogen-bond donors (Lipinski definition) is 1. The van der Waals surface area contributed by atoms with Crippen LogP contribution in [0.2, 0.25) is 0 Å². The molecule has 2 nitrogen and oxygen atoms in total. The van der Waals surface area contributed by atoms with Crippen molar-refractivity contribution in [3.05, 3.63) is 41.7 Å². The van der Waals surface area contributed by atoms with E-state index in [0.29, 0.717) is 0 Å². The van der Waals surface area contributed by atoms with E-state index in [9.17, 15) is 4.79 Å². The lowest BCUT2D eigenvalue weighted by atomic mass is 10.2. The van der Waals surface area contributed by atoms with Crippen LogP contribution >= 0.6 is 0 Å². The first-order valence-corrected chi connectivity index (χ1v) is 3.76. The van der Waals surface area contributed by atoms with Crippen LogP contribution in [0.4, 0.5) is 0 Å². The normalized spacial score (nSPS) is 12.2. The number of hydrogen-bond acceptors (Lipinski definition) is 1. The molecule has 1 aromatic heterocycles. The molecule has 0 bridgehead atoms. The molecule has 0 aromatic carbocycles. The first-order valence-electron chi connectivity index (χ1n) is 3.76. The van der Waals surface area contributed by atoms with Crippen LogP contribution in [0.25, 0.3) is 6.08 Å². The van der Waals surface area contributed by atoms with E-state index in [0.717, 1.165) is 17.6 Å². The Morgan fingerprint density at radius 1 is 1.58 bits per heavy atom. The molecule has 0 aliphatic heterocycles. The summed E-state index contributed by atoms with van der Waals surface area (Å²) in [6, 6.07) is 3.90. The smallest absolute Gasteiger partial charge is 0.142 e. The quantitative estimate of drug-likeness (QED) is 0.411. The van der Waals surface area contributed by atoms with E-state index in [4.69, 9.17) is 0 Å². The maximum Gasteiger partial charge on any atom is 0.142 e. The molecule has 0 unspecified atom stereocenters. The molecule has 0 aliphatic rings. The van der Waals surface area contributed by atoms with E-state index in [1.165, 1.54) is 6.08 Å². The van der Waals surface area contributed by atoms with Gasteiger partial charge in [0.2, 0.25) is 0 Å². The zero-order valence-electron chi connectivity index (χ0n) is 6.95. The molecule has 12 heavy (non-hydrogen) atoms. The number of aromatic nitrogens is 1. The van der Waals surface area contributed by atoms with Gasteiger partial charge in [-0.25, -0.2) is 0 Å². The number of carbonyl (C=O) groups excluding carboxylic acids is 1. The van der Waals surface area contributed by atoms with Gasteiger partial charge in [0, 0.05) is 11.9 Å². The van der Waals surface area contributed by atoms with Crippen LogP contribution in [0.3, 0.4) is 0 Å². The summed E-state index contributed by atoms with van der Waals surface area (Å²) < 4.78 is 0. The van der Waals surface area contributed by atoms with Gasteiger partial charge in [0.1, 0.15) is 6.29 Å². The van der Waals surface area contributed by atoms with Crippen molar-refractivity contribution in [2.24, 2.45) is 0 Å². The van der Waals surface area contributed by atoms with Crippen LogP contribution in [-0.2, 0) is 4.79 Å². The third kappa shape index (κ3) is 2.58. The van der Waals surface area contributed by atoms with Gasteiger partial charge in [0.15, 0.2) is 0 Å². The van der Waals surface area contributed by atoms with Gasteiger partial charge in [-0.15, -0.1) is 0 Å². The maximum atomic E-state index is 9.99. The van der Waals surface area contributed by atoms with Crippen LogP contribution in [0.15, 0.2) is 36.1 Å². The molecule has 0 spiro atoms. The standard InChI is InChI=1S/C10H11NO/c1-9(4-3-7-12)8-10-5-2-6-11-10/h2-8,11H,1H3/b4-3-,9-8-. The minimum atomic E-state index is 0.770. The summed E-state index contributed by atoms with van der Waals surface area (Å²) in [5.41, 5.74) is 2.09. The molecular formula is C10H11NO. The highest BCUT2D eigenvalue weighted by Gasteiger charge is 1.86. The summed E-state index contributed by atoms with van der Waals surface area (Å²) >= 11 is 0. The van der Waals surface area contributed by atoms with Crippen molar-refractivity contribution in [3.63, 3.8) is 0 Å². The number of aromatic amines is 1. The van der Waals surface area contributed by atoms with Crippen LogP contribution in [0.5, 0.6) is 0 Å². The molecule has 1 N–H and O–H groups in total. The molecule has 1 heterocycles. The Labute approximate surface area is 71.6 Å². The largest absolute Gasteiger partial charge is 0.362 e. The van der Waals surface area contributed by atoms with Gasteiger partial charge in [-0.3, -0.25) is 4.79 Å². The summed E-state index contributed by atoms with van der Waals surface area (Å²) in [6.07, 6.45) is 7.86. The molecular weight excluding hydrogens is 150 g/mol. The molecule has 0 radical (unpaired) electrons. The van der Waals surface area contributed by atoms with Gasteiger partial charge in [0.05, 0.1) is 0 Å².